The van der Waals surface area contributed by atoms with Gasteiger partial charge in [0.15, 0.2) is 0 Å². The molecule has 0 aliphatic carbocycles. The molecule has 0 unspecified atom stereocenters. The Bertz CT molecular complexity index is 58.2. The normalized spacial score (nSPS) is 12.0. The third-order valence-corrected chi connectivity index (χ3v) is 0. The molecule has 0 spiro atoms. The van der Waals surface area contributed by atoms with E-state index in [2.05, 4.69) is 0 Å². The van der Waals surface area contributed by atoms with Crippen LogP contribution in [0.3, 0.4) is 0 Å². The highest BCUT2D eigenvalue weighted by Crippen LogP contribution is 2.23. The molecule has 0 saturated heterocycles. The van der Waals surface area contributed by atoms with E-state index in [1.54, 1.807) is 0 Å². The molecule has 0 heterocycles. The summed E-state index contributed by atoms with van der Waals surface area (Å²) in [6, 6.07) is 0. The van der Waals surface area contributed by atoms with Crippen molar-refractivity contribution in [3.8, 4) is 0 Å². The first kappa shape index (κ1) is 13.9. The van der Waals surface area contributed by atoms with E-state index in [-0.39, 0.29) is 0 Å². The van der Waals surface area contributed by atoms with Crippen LogP contribution in [0.5, 0.6) is 0 Å². The van der Waals surface area contributed by atoms with Gasteiger partial charge in [0, 0.05) is 0 Å². The topological polar surface area (TPSA) is 0 Å². The fourth-order valence-corrected chi connectivity index (χ4v) is 0. The van der Waals surface area contributed by atoms with Crippen molar-refractivity contribution in [3.05, 3.63) is 0 Å². The first-order valence-corrected chi connectivity index (χ1v) is 9.07. The summed E-state index contributed by atoms with van der Waals surface area (Å²) < 4.78 is 39.3. The maximum atomic E-state index is 9.83. The molecule has 0 rings (SSSR count). The zero-order chi connectivity index (χ0) is 9.00. The van der Waals surface area contributed by atoms with Crippen LogP contribution < -0.4 is 0 Å². The predicted octanol–water partition coefficient (Wildman–Crippen LogP) is 3.68. The summed E-state index contributed by atoms with van der Waals surface area (Å²) >= 11 is 19.9. The number of rotatable bonds is 0. The molecule has 0 atom stereocenters. The largest absolute Gasteiger partial charge is 0.844 e. The van der Waals surface area contributed by atoms with Crippen molar-refractivity contribution >= 4 is 59.0 Å². The van der Waals surface area contributed by atoms with Gasteiger partial charge >= 0.3 is 14.7 Å². The van der Waals surface area contributed by atoms with Crippen LogP contribution in [-0.2, 0) is 0 Å². The van der Waals surface area contributed by atoms with Gasteiger partial charge in [-0.2, -0.15) is 0 Å². The molecule has 0 saturated carbocycles. The number of hydrogen-bond acceptors (Lipinski definition) is 0. The van der Waals surface area contributed by atoms with E-state index in [0.717, 1.165) is 0 Å². The lowest BCUT2D eigenvalue weighted by atomic mass is 18.6. The smallest absolute Gasteiger partial charge is 0.211 e. The molecule has 64 valence electrons. The Morgan fingerprint density at radius 1 is 0.700 bits per heavy atom. The van der Waals surface area contributed by atoms with Gasteiger partial charge in [0.1, 0.15) is 0 Å². The first-order chi connectivity index (χ1) is 4.00. The minimum atomic E-state index is -6.61. The molecule has 0 aliphatic rings. The lowest BCUT2D eigenvalue weighted by molar-refractivity contribution is 0.368. The Morgan fingerprint density at radius 2 is 0.700 bits per heavy atom. The second-order valence-corrected chi connectivity index (χ2v) is 12.9. The molecule has 10 heteroatoms. The van der Waals surface area contributed by atoms with Crippen molar-refractivity contribution < 1.29 is 16.4 Å². The van der Waals surface area contributed by atoms with Gasteiger partial charge in [0.05, 0.1) is 0 Å². The highest BCUT2D eigenvalue weighted by Gasteiger charge is 2.39. The molecule has 0 aliphatic heterocycles. The summed E-state index contributed by atoms with van der Waals surface area (Å²) in [6.07, 6.45) is 0. The summed E-state index contributed by atoms with van der Waals surface area (Å²) in [6.45, 7) is 0. The Morgan fingerprint density at radius 3 is 0.700 bits per heavy atom. The van der Waals surface area contributed by atoms with E-state index < -0.39 is 14.7 Å². The Balaban J connectivity index is 0. The number of halogens is 8. The molecule has 0 nitrogen and oxygen atoms in total. The number of hydrogen-bond donors (Lipinski definition) is 0. The molecule has 0 amide bonds. The molecule has 10 heavy (non-hydrogen) atoms. The third-order valence-electron chi connectivity index (χ3n) is 0. The van der Waals surface area contributed by atoms with E-state index in [1.807, 2.05) is 0 Å². The Hall–Kier alpha value is 1.31. The van der Waals surface area contributed by atoms with Gasteiger partial charge in [0.2, 0.25) is 0 Å². The maximum Gasteiger partial charge on any atom is 0.844 e. The SMILES string of the molecule is Cl[Si](Cl)(Cl)Cl.F[Si](F)(F)F. The van der Waals surface area contributed by atoms with Crippen molar-refractivity contribution in [2.24, 2.45) is 0 Å². The van der Waals surface area contributed by atoms with Crippen LogP contribution in [0, 0.1) is 0 Å². The molecular weight excluding hydrogens is 274 g/mol. The zero-order valence-corrected chi connectivity index (χ0v) is 9.05. The molecular formula is Cl4F4Si2. The van der Waals surface area contributed by atoms with Crippen LogP contribution in [-0.4, -0.2) is 14.7 Å². The van der Waals surface area contributed by atoms with Gasteiger partial charge in [-0.25, -0.2) is 16.4 Å². The van der Waals surface area contributed by atoms with E-state index in [1.165, 1.54) is 0 Å². The Kier molecular flexibility index (Phi) is 7.00. The van der Waals surface area contributed by atoms with E-state index in [4.69, 9.17) is 44.3 Å². The maximum absolute atomic E-state index is 9.83. The summed E-state index contributed by atoms with van der Waals surface area (Å²) in [5.74, 6) is 0. The molecule has 0 aromatic heterocycles. The predicted molar refractivity (Wildman–Crippen MR) is 39.4 cm³/mol. The quantitative estimate of drug-likeness (QED) is 0.359. The van der Waals surface area contributed by atoms with Gasteiger partial charge in [0.25, 0.3) is 0 Å². The third kappa shape index (κ3) is 373. The lowest BCUT2D eigenvalue weighted by Gasteiger charge is -1.85. The van der Waals surface area contributed by atoms with E-state index in [9.17, 15) is 16.4 Å². The van der Waals surface area contributed by atoms with Crippen molar-refractivity contribution in [3.63, 3.8) is 0 Å². The fourth-order valence-electron chi connectivity index (χ4n) is 0. The van der Waals surface area contributed by atoms with Crippen LogP contribution in [0.1, 0.15) is 0 Å². The summed E-state index contributed by atoms with van der Waals surface area (Å²) in [5.41, 5.74) is 0. The average molecular weight is 274 g/mol. The average Bonchev–Trinajstić information content (AvgIpc) is 1.12. The van der Waals surface area contributed by atoms with Crippen molar-refractivity contribution in [2.75, 3.05) is 0 Å². The van der Waals surface area contributed by atoms with Crippen molar-refractivity contribution in [2.45, 2.75) is 0 Å². The second kappa shape index (κ2) is 5.05. The second-order valence-electron chi connectivity index (χ2n) is 0.857. The van der Waals surface area contributed by atoms with Crippen LogP contribution in [0.15, 0.2) is 0 Å². The zero-order valence-electron chi connectivity index (χ0n) is 4.02. The van der Waals surface area contributed by atoms with Gasteiger partial charge in [-0.05, 0) is 0 Å². The monoisotopic (exact) mass is 272 g/mol. The van der Waals surface area contributed by atoms with Crippen LogP contribution in [0.25, 0.3) is 0 Å². The minimum absolute atomic E-state index is 2.72. The summed E-state index contributed by atoms with van der Waals surface area (Å²) in [5, 5.41) is -2.72. The van der Waals surface area contributed by atoms with E-state index in [0.29, 0.717) is 0 Å². The summed E-state index contributed by atoms with van der Waals surface area (Å²) in [7, 11) is -6.61. The molecule has 0 aromatic rings. The van der Waals surface area contributed by atoms with Gasteiger partial charge in [-0.15, -0.1) is 44.3 Å². The highest BCUT2D eigenvalue weighted by atomic mass is 36.0. The standard InChI is InChI=1S/Cl4Si.F4Si/c2*1-5(2,3)4. The molecule has 0 bridgehead atoms. The van der Waals surface area contributed by atoms with Gasteiger partial charge in [-0.1, -0.05) is 0 Å². The first-order valence-electron chi connectivity index (χ1n) is 1.51. The van der Waals surface area contributed by atoms with Crippen LogP contribution in [0.2, 0.25) is 0 Å². The van der Waals surface area contributed by atoms with Gasteiger partial charge in [-0.3, -0.25) is 0 Å². The van der Waals surface area contributed by atoms with Crippen LogP contribution in [0.4, 0.5) is 16.4 Å². The van der Waals surface area contributed by atoms with Crippen molar-refractivity contribution in [1.29, 1.82) is 0 Å². The van der Waals surface area contributed by atoms with Crippen LogP contribution >= 0.6 is 44.3 Å². The molecule has 0 N–H and O–H groups in total. The van der Waals surface area contributed by atoms with Gasteiger partial charge < -0.3 is 0 Å². The summed E-state index contributed by atoms with van der Waals surface area (Å²) in [4.78, 5) is 0. The minimum Gasteiger partial charge on any atom is -0.211 e. The van der Waals surface area contributed by atoms with Crippen molar-refractivity contribution in [1.82, 2.24) is 0 Å². The highest BCUT2D eigenvalue weighted by molar-refractivity contribution is 7.81. The molecule has 0 radical (unpaired) electrons. The molecule has 0 fully saturated rings. The fraction of sp³-hybridized carbons (Fsp3) is 0. The lowest BCUT2D eigenvalue weighted by Crippen LogP contribution is -2.02. The Labute approximate surface area is 75.5 Å². The molecule has 0 aromatic carbocycles. The van der Waals surface area contributed by atoms with E-state index >= 15 is 0 Å².